The van der Waals surface area contributed by atoms with E-state index in [0.29, 0.717) is 17.1 Å². The Morgan fingerprint density at radius 2 is 1.80 bits per heavy atom. The maximum Gasteiger partial charge on any atom is 0.335 e. The molecule has 0 spiro atoms. The molecule has 4 rings (SSSR count). The first-order chi connectivity index (χ1) is 16.8. The van der Waals surface area contributed by atoms with Crippen molar-refractivity contribution >= 4 is 28.9 Å². The second kappa shape index (κ2) is 10.6. The number of ether oxygens (including phenoxy) is 1. The summed E-state index contributed by atoms with van der Waals surface area (Å²) < 4.78 is 5.46. The van der Waals surface area contributed by atoms with Gasteiger partial charge in [-0.15, -0.1) is 11.3 Å². The molecule has 0 bridgehead atoms. The molecule has 1 atom stereocenters. The molecule has 0 aliphatic rings. The molecule has 0 saturated heterocycles. The van der Waals surface area contributed by atoms with Crippen LogP contribution in [0.1, 0.15) is 45.0 Å². The SMILES string of the molecule is COc1ccc(-c2ccc(C)c(C(=O)O)c2)c(CNC(C)c2sc(-c3ccc(Cl)cc3)nc2C)c1. The zero-order chi connectivity index (χ0) is 25.1. The Labute approximate surface area is 214 Å². The first-order valence-corrected chi connectivity index (χ1v) is 12.4. The van der Waals surface area contributed by atoms with Gasteiger partial charge in [-0.3, -0.25) is 0 Å². The molecule has 2 N–H and O–H groups in total. The molecule has 4 aromatic rings. The van der Waals surface area contributed by atoms with Crippen molar-refractivity contribution in [3.8, 4) is 27.4 Å². The van der Waals surface area contributed by atoms with Gasteiger partial charge in [0.15, 0.2) is 0 Å². The second-order valence-corrected chi connectivity index (χ2v) is 9.90. The molecule has 3 aromatic carbocycles. The molecule has 5 nitrogen and oxygen atoms in total. The quantitative estimate of drug-likeness (QED) is 0.262. The number of methoxy groups -OCH3 is 1. The number of hydrogen-bond acceptors (Lipinski definition) is 5. The van der Waals surface area contributed by atoms with Crippen LogP contribution in [0.4, 0.5) is 0 Å². The summed E-state index contributed by atoms with van der Waals surface area (Å²) in [6.45, 7) is 6.54. The zero-order valence-corrected chi connectivity index (χ0v) is 21.6. The van der Waals surface area contributed by atoms with Crippen molar-refractivity contribution in [1.82, 2.24) is 10.3 Å². The van der Waals surface area contributed by atoms with Crippen LogP contribution in [0.5, 0.6) is 5.75 Å². The van der Waals surface area contributed by atoms with E-state index >= 15 is 0 Å². The summed E-state index contributed by atoms with van der Waals surface area (Å²) in [6.07, 6.45) is 0. The Kier molecular flexibility index (Phi) is 7.55. The van der Waals surface area contributed by atoms with E-state index in [1.54, 1.807) is 31.4 Å². The third kappa shape index (κ3) is 5.56. The number of rotatable bonds is 8. The number of aryl methyl sites for hydroxylation is 2. The maximum absolute atomic E-state index is 11.7. The van der Waals surface area contributed by atoms with Gasteiger partial charge in [-0.1, -0.05) is 41.9 Å². The smallest absolute Gasteiger partial charge is 0.335 e. The molecule has 1 unspecified atom stereocenters. The number of nitrogens with one attached hydrogen (secondary N) is 1. The number of nitrogens with zero attached hydrogens (tertiary/aromatic N) is 1. The van der Waals surface area contributed by atoms with Gasteiger partial charge in [0.1, 0.15) is 10.8 Å². The summed E-state index contributed by atoms with van der Waals surface area (Å²) >= 11 is 7.70. The van der Waals surface area contributed by atoms with E-state index < -0.39 is 5.97 Å². The minimum Gasteiger partial charge on any atom is -0.497 e. The predicted octanol–water partition coefficient (Wildman–Crippen LogP) is 7.30. The Morgan fingerprint density at radius 1 is 1.09 bits per heavy atom. The van der Waals surface area contributed by atoms with Gasteiger partial charge in [-0.05, 0) is 73.4 Å². The van der Waals surface area contributed by atoms with Crippen LogP contribution in [0.2, 0.25) is 5.02 Å². The highest BCUT2D eigenvalue weighted by Gasteiger charge is 2.17. The largest absolute Gasteiger partial charge is 0.497 e. The Balaban J connectivity index is 1.60. The highest BCUT2D eigenvalue weighted by Crippen LogP contribution is 2.34. The summed E-state index contributed by atoms with van der Waals surface area (Å²) in [5.41, 5.74) is 5.94. The minimum absolute atomic E-state index is 0.0696. The fourth-order valence-corrected chi connectivity index (χ4v) is 5.25. The van der Waals surface area contributed by atoms with Gasteiger partial charge in [0.2, 0.25) is 0 Å². The van der Waals surface area contributed by atoms with E-state index in [4.69, 9.17) is 21.3 Å². The van der Waals surface area contributed by atoms with Crippen molar-refractivity contribution in [1.29, 1.82) is 0 Å². The summed E-state index contributed by atoms with van der Waals surface area (Å²) in [5, 5.41) is 14.9. The third-order valence-corrected chi connectivity index (χ3v) is 7.65. The molecule has 0 saturated carbocycles. The molecule has 35 heavy (non-hydrogen) atoms. The molecule has 0 amide bonds. The molecule has 0 aliphatic heterocycles. The fraction of sp³-hybridized carbons (Fsp3) is 0.214. The van der Waals surface area contributed by atoms with E-state index in [-0.39, 0.29) is 6.04 Å². The van der Waals surface area contributed by atoms with Crippen LogP contribution in [-0.4, -0.2) is 23.2 Å². The first-order valence-electron chi connectivity index (χ1n) is 11.2. The number of halogens is 1. The molecule has 1 heterocycles. The number of aromatic nitrogens is 1. The van der Waals surface area contributed by atoms with Crippen molar-refractivity contribution in [2.75, 3.05) is 7.11 Å². The number of benzene rings is 3. The molecule has 0 fully saturated rings. The summed E-state index contributed by atoms with van der Waals surface area (Å²) in [7, 11) is 1.64. The summed E-state index contributed by atoms with van der Waals surface area (Å²) in [4.78, 5) is 17.6. The van der Waals surface area contributed by atoms with Crippen LogP contribution >= 0.6 is 22.9 Å². The molecule has 180 valence electrons. The molecular formula is C28H27ClN2O3S. The van der Waals surface area contributed by atoms with E-state index in [0.717, 1.165) is 44.3 Å². The summed E-state index contributed by atoms with van der Waals surface area (Å²) in [5.74, 6) is -0.175. The summed E-state index contributed by atoms with van der Waals surface area (Å²) in [6, 6.07) is 19.2. The van der Waals surface area contributed by atoms with Crippen molar-refractivity contribution in [2.24, 2.45) is 0 Å². The van der Waals surface area contributed by atoms with Crippen LogP contribution in [0.25, 0.3) is 21.7 Å². The van der Waals surface area contributed by atoms with Gasteiger partial charge in [0.05, 0.1) is 18.4 Å². The lowest BCUT2D eigenvalue weighted by molar-refractivity contribution is 0.0696. The van der Waals surface area contributed by atoms with Crippen LogP contribution in [0.3, 0.4) is 0 Å². The standard InChI is InChI=1S/C28H27ClN2O3S/c1-16-5-6-20(14-25(16)28(32)33)24-12-11-23(34-4)13-21(24)15-30-17(2)26-18(3)31-27(35-26)19-7-9-22(29)10-8-19/h5-14,17,30H,15H2,1-4H3,(H,32,33). The van der Waals surface area contributed by atoms with Gasteiger partial charge in [-0.25, -0.2) is 9.78 Å². The molecule has 0 aliphatic carbocycles. The third-order valence-electron chi connectivity index (χ3n) is 6.01. The Bertz CT molecular complexity index is 1370. The molecule has 0 radical (unpaired) electrons. The highest BCUT2D eigenvalue weighted by atomic mass is 35.5. The average molecular weight is 507 g/mol. The van der Waals surface area contributed by atoms with Crippen molar-refractivity contribution in [3.63, 3.8) is 0 Å². The van der Waals surface area contributed by atoms with E-state index in [9.17, 15) is 9.90 Å². The number of carboxylic acids is 1. The molecule has 7 heteroatoms. The van der Waals surface area contributed by atoms with Gasteiger partial charge in [0.25, 0.3) is 0 Å². The van der Waals surface area contributed by atoms with Crippen LogP contribution in [0, 0.1) is 13.8 Å². The number of hydrogen-bond donors (Lipinski definition) is 2. The lowest BCUT2D eigenvalue weighted by atomic mass is 9.95. The first kappa shape index (κ1) is 24.9. The van der Waals surface area contributed by atoms with Gasteiger partial charge >= 0.3 is 5.97 Å². The van der Waals surface area contributed by atoms with E-state index in [2.05, 4.69) is 12.2 Å². The van der Waals surface area contributed by atoms with Crippen molar-refractivity contribution in [2.45, 2.75) is 33.4 Å². The number of carboxylic acid groups (broad SMARTS) is 1. The van der Waals surface area contributed by atoms with Crippen LogP contribution in [0.15, 0.2) is 60.7 Å². The van der Waals surface area contributed by atoms with Gasteiger partial charge in [-0.2, -0.15) is 0 Å². The molecular weight excluding hydrogens is 480 g/mol. The van der Waals surface area contributed by atoms with Gasteiger partial charge < -0.3 is 15.2 Å². The lowest BCUT2D eigenvalue weighted by Gasteiger charge is -2.17. The normalized spacial score (nSPS) is 11.9. The fourth-order valence-electron chi connectivity index (χ4n) is 4.03. The predicted molar refractivity (Wildman–Crippen MR) is 143 cm³/mol. The van der Waals surface area contributed by atoms with E-state index in [1.807, 2.05) is 61.5 Å². The lowest BCUT2D eigenvalue weighted by Crippen LogP contribution is -2.18. The van der Waals surface area contributed by atoms with Crippen LogP contribution < -0.4 is 10.1 Å². The Hall–Kier alpha value is -3.19. The maximum atomic E-state index is 11.7. The average Bonchev–Trinajstić information content (AvgIpc) is 3.24. The monoisotopic (exact) mass is 506 g/mol. The van der Waals surface area contributed by atoms with Crippen molar-refractivity contribution < 1.29 is 14.6 Å². The zero-order valence-electron chi connectivity index (χ0n) is 20.1. The second-order valence-electron chi connectivity index (χ2n) is 8.44. The topological polar surface area (TPSA) is 71.5 Å². The molecule has 1 aromatic heterocycles. The number of aromatic carboxylic acids is 1. The number of carbonyl (C=O) groups is 1. The minimum atomic E-state index is -0.927. The van der Waals surface area contributed by atoms with Gasteiger partial charge in [0, 0.05) is 28.0 Å². The van der Waals surface area contributed by atoms with E-state index in [1.165, 1.54) is 4.88 Å². The number of thiazole rings is 1. The Morgan fingerprint density at radius 3 is 2.49 bits per heavy atom. The van der Waals surface area contributed by atoms with Crippen molar-refractivity contribution in [3.05, 3.63) is 92.9 Å². The highest BCUT2D eigenvalue weighted by molar-refractivity contribution is 7.15. The van der Waals surface area contributed by atoms with Crippen LogP contribution in [-0.2, 0) is 6.54 Å².